The van der Waals surface area contributed by atoms with Crippen LogP contribution in [0.3, 0.4) is 0 Å². The van der Waals surface area contributed by atoms with Gasteiger partial charge >= 0.3 is 0 Å². The normalized spacial score (nSPS) is 15.6. The summed E-state index contributed by atoms with van der Waals surface area (Å²) in [5, 5.41) is 8.07. The third-order valence-electron chi connectivity index (χ3n) is 6.88. The summed E-state index contributed by atoms with van der Waals surface area (Å²) in [7, 11) is 1.98. The number of thioether (sulfide) groups is 1. The Morgan fingerprint density at radius 2 is 1.97 bits per heavy atom. The molecular formula is C29H39N5S. The van der Waals surface area contributed by atoms with Crippen molar-refractivity contribution in [3.8, 4) is 11.3 Å². The van der Waals surface area contributed by atoms with Crippen LogP contribution in [-0.2, 0) is 7.05 Å². The van der Waals surface area contributed by atoms with E-state index in [1.807, 2.05) is 17.9 Å². The second kappa shape index (κ2) is 11.3. The van der Waals surface area contributed by atoms with Gasteiger partial charge in [-0.1, -0.05) is 43.9 Å². The zero-order valence-electron chi connectivity index (χ0n) is 22.1. The van der Waals surface area contributed by atoms with Crippen LogP contribution in [0.5, 0.6) is 0 Å². The Morgan fingerprint density at radius 3 is 2.63 bits per heavy atom. The lowest BCUT2D eigenvalue weighted by atomic mass is 9.95. The standard InChI is InChI=1S/C29H39N5S/c1-7-20(2)15-23-17-27(24-18-30-33(5)19-24)34(25-11-9-8-10-12-25)29(23)32-22(4)31-26-14-13-21(3)16-28(26)35-6/h13-19,25H,7-12H2,1-6H3,(H,31,32). The van der Waals surface area contributed by atoms with Gasteiger partial charge in [0.05, 0.1) is 17.6 Å². The maximum Gasteiger partial charge on any atom is 0.142 e. The van der Waals surface area contributed by atoms with Crippen molar-refractivity contribution in [2.45, 2.75) is 77.2 Å². The number of allylic oxidation sites excluding steroid dienone is 1. The van der Waals surface area contributed by atoms with Gasteiger partial charge in [-0.2, -0.15) is 5.10 Å². The number of aryl methyl sites for hydroxylation is 2. The van der Waals surface area contributed by atoms with Crippen LogP contribution in [0, 0.1) is 6.92 Å². The first kappa shape index (κ1) is 25.4. The summed E-state index contributed by atoms with van der Waals surface area (Å²) in [6.45, 7) is 8.63. The molecule has 6 heteroatoms. The van der Waals surface area contributed by atoms with Crippen LogP contribution in [0.2, 0.25) is 0 Å². The average Bonchev–Trinajstić information content (AvgIpc) is 3.44. The molecule has 0 saturated heterocycles. The number of amidine groups is 1. The molecule has 5 nitrogen and oxygen atoms in total. The zero-order chi connectivity index (χ0) is 24.9. The van der Waals surface area contributed by atoms with E-state index in [4.69, 9.17) is 4.99 Å². The minimum absolute atomic E-state index is 0.454. The number of nitrogens with zero attached hydrogens (tertiary/aromatic N) is 4. The molecule has 1 fully saturated rings. The highest BCUT2D eigenvalue weighted by Gasteiger charge is 2.24. The topological polar surface area (TPSA) is 47.1 Å². The Morgan fingerprint density at radius 1 is 1.20 bits per heavy atom. The van der Waals surface area contributed by atoms with Gasteiger partial charge in [0, 0.05) is 35.3 Å². The molecule has 0 amide bonds. The second-order valence-electron chi connectivity index (χ2n) is 9.74. The molecule has 3 aromatic rings. The van der Waals surface area contributed by atoms with Gasteiger partial charge in [-0.3, -0.25) is 4.68 Å². The Kier molecular flexibility index (Phi) is 8.22. The molecule has 1 aromatic carbocycles. The van der Waals surface area contributed by atoms with E-state index in [9.17, 15) is 0 Å². The first-order chi connectivity index (χ1) is 16.9. The minimum Gasteiger partial charge on any atom is -0.343 e. The number of nitrogens with one attached hydrogen (secondary N) is 1. The Bertz CT molecular complexity index is 1220. The summed E-state index contributed by atoms with van der Waals surface area (Å²) in [4.78, 5) is 6.49. The summed E-state index contributed by atoms with van der Waals surface area (Å²) < 4.78 is 4.39. The van der Waals surface area contributed by atoms with E-state index in [-0.39, 0.29) is 0 Å². The van der Waals surface area contributed by atoms with Gasteiger partial charge in [0.2, 0.25) is 0 Å². The highest BCUT2D eigenvalue weighted by molar-refractivity contribution is 7.98. The van der Waals surface area contributed by atoms with Crippen molar-refractivity contribution in [1.29, 1.82) is 0 Å². The van der Waals surface area contributed by atoms with Crippen molar-refractivity contribution in [3.63, 3.8) is 0 Å². The largest absolute Gasteiger partial charge is 0.343 e. The molecule has 35 heavy (non-hydrogen) atoms. The Hall–Kier alpha value is -2.73. The van der Waals surface area contributed by atoms with E-state index in [0.29, 0.717) is 6.04 Å². The molecule has 0 atom stereocenters. The highest BCUT2D eigenvalue weighted by atomic mass is 32.2. The van der Waals surface area contributed by atoms with Crippen molar-refractivity contribution in [3.05, 3.63) is 53.4 Å². The lowest BCUT2D eigenvalue weighted by Crippen LogP contribution is -2.15. The number of anilines is 1. The number of benzene rings is 1. The molecule has 4 rings (SSSR count). The molecule has 0 spiro atoms. The third kappa shape index (κ3) is 5.92. The van der Waals surface area contributed by atoms with Crippen molar-refractivity contribution >= 4 is 35.2 Å². The quantitative estimate of drug-likeness (QED) is 0.206. The highest BCUT2D eigenvalue weighted by Crippen LogP contribution is 2.41. The maximum atomic E-state index is 5.26. The molecule has 0 aliphatic heterocycles. The van der Waals surface area contributed by atoms with E-state index in [2.05, 4.69) is 85.5 Å². The van der Waals surface area contributed by atoms with Crippen LogP contribution in [0.1, 0.15) is 76.5 Å². The second-order valence-corrected chi connectivity index (χ2v) is 10.6. The zero-order valence-corrected chi connectivity index (χ0v) is 22.9. The van der Waals surface area contributed by atoms with Gasteiger partial charge in [0.25, 0.3) is 0 Å². The van der Waals surface area contributed by atoms with E-state index >= 15 is 0 Å². The lowest BCUT2D eigenvalue weighted by Gasteiger charge is -2.27. The number of rotatable bonds is 7. The molecule has 2 aromatic heterocycles. The summed E-state index contributed by atoms with van der Waals surface area (Å²) in [5.41, 5.74) is 7.28. The van der Waals surface area contributed by atoms with E-state index in [1.165, 1.54) is 59.4 Å². The Balaban J connectivity index is 1.85. The summed E-state index contributed by atoms with van der Waals surface area (Å²) in [6.07, 6.45) is 15.8. The van der Waals surface area contributed by atoms with E-state index in [1.54, 1.807) is 11.8 Å². The summed E-state index contributed by atoms with van der Waals surface area (Å²) in [5.74, 6) is 1.95. The van der Waals surface area contributed by atoms with Gasteiger partial charge < -0.3 is 9.88 Å². The molecule has 186 valence electrons. The van der Waals surface area contributed by atoms with Gasteiger partial charge in [0.15, 0.2) is 0 Å². The molecule has 0 bridgehead atoms. The number of aromatic nitrogens is 3. The lowest BCUT2D eigenvalue weighted by molar-refractivity contribution is 0.358. The predicted molar refractivity (Wildman–Crippen MR) is 152 cm³/mol. The molecule has 1 aliphatic rings. The van der Waals surface area contributed by atoms with E-state index < -0.39 is 0 Å². The summed E-state index contributed by atoms with van der Waals surface area (Å²) in [6, 6.07) is 9.30. The fourth-order valence-corrected chi connectivity index (χ4v) is 5.54. The summed E-state index contributed by atoms with van der Waals surface area (Å²) >= 11 is 1.76. The molecular weight excluding hydrogens is 450 g/mol. The maximum absolute atomic E-state index is 5.26. The molecule has 1 N–H and O–H groups in total. The molecule has 1 saturated carbocycles. The van der Waals surface area contributed by atoms with Gasteiger partial charge in [0.1, 0.15) is 11.7 Å². The van der Waals surface area contributed by atoms with E-state index in [0.717, 1.165) is 29.3 Å². The van der Waals surface area contributed by atoms with Crippen LogP contribution in [0.15, 0.2) is 52.1 Å². The van der Waals surface area contributed by atoms with Crippen LogP contribution in [-0.4, -0.2) is 26.4 Å². The van der Waals surface area contributed by atoms with Crippen LogP contribution in [0.25, 0.3) is 17.3 Å². The van der Waals surface area contributed by atoms with Gasteiger partial charge in [-0.05, 0) is 70.1 Å². The van der Waals surface area contributed by atoms with Crippen LogP contribution < -0.4 is 5.32 Å². The van der Waals surface area contributed by atoms with Gasteiger partial charge in [-0.25, -0.2) is 4.99 Å². The van der Waals surface area contributed by atoms with Crippen molar-refractivity contribution < 1.29 is 0 Å². The average molecular weight is 490 g/mol. The number of aliphatic imine (C=N–C) groups is 1. The smallest absolute Gasteiger partial charge is 0.142 e. The van der Waals surface area contributed by atoms with Gasteiger partial charge in [-0.15, -0.1) is 11.8 Å². The van der Waals surface area contributed by atoms with Crippen LogP contribution in [0.4, 0.5) is 11.5 Å². The molecule has 0 radical (unpaired) electrons. The monoisotopic (exact) mass is 489 g/mol. The first-order valence-electron chi connectivity index (χ1n) is 12.8. The number of hydrogen-bond acceptors (Lipinski definition) is 3. The molecule has 0 unspecified atom stereocenters. The third-order valence-corrected chi connectivity index (χ3v) is 7.66. The number of hydrogen-bond donors (Lipinski definition) is 1. The van der Waals surface area contributed by atoms with Crippen molar-refractivity contribution in [2.75, 3.05) is 11.6 Å². The first-order valence-corrected chi connectivity index (χ1v) is 14.0. The molecule has 1 aliphatic carbocycles. The molecule has 2 heterocycles. The Labute approximate surface area is 214 Å². The fraction of sp³-hybridized carbons (Fsp3) is 0.448. The minimum atomic E-state index is 0.454. The van der Waals surface area contributed by atoms with Crippen molar-refractivity contribution in [1.82, 2.24) is 14.3 Å². The van der Waals surface area contributed by atoms with Crippen LogP contribution >= 0.6 is 11.8 Å². The predicted octanol–water partition coefficient (Wildman–Crippen LogP) is 8.40. The van der Waals surface area contributed by atoms with Crippen molar-refractivity contribution in [2.24, 2.45) is 12.0 Å². The SMILES string of the molecule is CCC(C)=Cc1cc(-c2cnn(C)c2)n(C2CCCCC2)c1/N=C(\C)Nc1ccc(C)cc1SC. The fourth-order valence-electron chi connectivity index (χ4n) is 4.89.